The second-order valence-electron chi connectivity index (χ2n) is 5.61. The molecule has 6 heteroatoms. The highest BCUT2D eigenvalue weighted by molar-refractivity contribution is 7.89. The lowest BCUT2D eigenvalue weighted by atomic mass is 10.0. The van der Waals surface area contributed by atoms with Crippen LogP contribution in [-0.2, 0) is 21.3 Å². The van der Waals surface area contributed by atoms with Crippen LogP contribution in [0.4, 0.5) is 0 Å². The molecule has 2 N–H and O–H groups in total. The van der Waals surface area contributed by atoms with Gasteiger partial charge in [0.2, 0.25) is 10.0 Å². The summed E-state index contributed by atoms with van der Waals surface area (Å²) in [7, 11) is -3.52. The minimum absolute atomic E-state index is 0.310. The molecule has 21 heavy (non-hydrogen) atoms. The van der Waals surface area contributed by atoms with Crippen molar-refractivity contribution < 1.29 is 13.2 Å². The van der Waals surface area contributed by atoms with Crippen LogP contribution >= 0.6 is 0 Å². The molecule has 1 aromatic rings. The summed E-state index contributed by atoms with van der Waals surface area (Å²) in [5, 5.41) is 3.16. The van der Waals surface area contributed by atoms with Crippen LogP contribution in [0.2, 0.25) is 0 Å². The number of benzene rings is 1. The first kappa shape index (κ1) is 16.4. The van der Waals surface area contributed by atoms with E-state index >= 15 is 0 Å². The molecular weight excluding hydrogens is 288 g/mol. The summed E-state index contributed by atoms with van der Waals surface area (Å²) in [4.78, 5) is 0.340. The molecule has 1 heterocycles. The molecule has 1 aliphatic heterocycles. The van der Waals surface area contributed by atoms with Gasteiger partial charge in [0.1, 0.15) is 0 Å². The van der Waals surface area contributed by atoms with Crippen LogP contribution < -0.4 is 10.0 Å². The molecule has 5 nitrogen and oxygen atoms in total. The van der Waals surface area contributed by atoms with E-state index in [1.165, 1.54) is 0 Å². The van der Waals surface area contributed by atoms with Crippen LogP contribution in [0.25, 0.3) is 0 Å². The van der Waals surface area contributed by atoms with Gasteiger partial charge in [0.25, 0.3) is 0 Å². The Morgan fingerprint density at radius 1 is 1.33 bits per heavy atom. The fourth-order valence-electron chi connectivity index (χ4n) is 2.47. The Bertz CT molecular complexity index is 566. The Hall–Kier alpha value is -0.950. The first-order valence-electron chi connectivity index (χ1n) is 7.39. The first-order chi connectivity index (χ1) is 9.97. The maximum Gasteiger partial charge on any atom is 0.240 e. The predicted molar refractivity (Wildman–Crippen MR) is 82.6 cm³/mol. The van der Waals surface area contributed by atoms with E-state index in [0.29, 0.717) is 24.6 Å². The molecule has 118 valence electrons. The highest BCUT2D eigenvalue weighted by Crippen LogP contribution is 2.25. The van der Waals surface area contributed by atoms with Gasteiger partial charge in [0.05, 0.1) is 10.5 Å². The van der Waals surface area contributed by atoms with Gasteiger partial charge in [0.15, 0.2) is 0 Å². The minimum atomic E-state index is -3.52. The molecule has 0 amide bonds. The van der Waals surface area contributed by atoms with Gasteiger partial charge in [-0.1, -0.05) is 25.1 Å². The molecule has 1 atom stereocenters. The van der Waals surface area contributed by atoms with Crippen LogP contribution in [0.5, 0.6) is 0 Å². The van der Waals surface area contributed by atoms with Crippen LogP contribution in [0.1, 0.15) is 32.3 Å². The molecule has 0 saturated carbocycles. The van der Waals surface area contributed by atoms with E-state index in [4.69, 9.17) is 4.74 Å². The molecule has 1 saturated heterocycles. The van der Waals surface area contributed by atoms with Gasteiger partial charge in [-0.05, 0) is 37.9 Å². The van der Waals surface area contributed by atoms with Gasteiger partial charge in [-0.2, -0.15) is 0 Å². The average molecular weight is 312 g/mol. The number of nitrogens with one attached hydrogen (secondary N) is 2. The summed E-state index contributed by atoms with van der Waals surface area (Å²) >= 11 is 0. The van der Waals surface area contributed by atoms with E-state index < -0.39 is 10.0 Å². The first-order valence-corrected chi connectivity index (χ1v) is 8.87. The van der Waals surface area contributed by atoms with Gasteiger partial charge in [0, 0.05) is 19.7 Å². The zero-order valence-electron chi connectivity index (χ0n) is 12.7. The Kier molecular flexibility index (Phi) is 5.37. The van der Waals surface area contributed by atoms with E-state index in [-0.39, 0.29) is 5.60 Å². The average Bonchev–Trinajstić information content (AvgIpc) is 2.91. The monoisotopic (exact) mass is 312 g/mol. The Balaban J connectivity index is 2.11. The fraction of sp³-hybridized carbons (Fsp3) is 0.600. The zero-order valence-corrected chi connectivity index (χ0v) is 13.5. The van der Waals surface area contributed by atoms with Crippen molar-refractivity contribution in [2.45, 2.75) is 43.7 Å². The maximum atomic E-state index is 12.5. The summed E-state index contributed by atoms with van der Waals surface area (Å²) in [5.41, 5.74) is 0.397. The fourth-order valence-corrected chi connectivity index (χ4v) is 3.87. The summed E-state index contributed by atoms with van der Waals surface area (Å²) in [6.07, 6.45) is 1.86. The van der Waals surface area contributed by atoms with Gasteiger partial charge >= 0.3 is 0 Å². The Morgan fingerprint density at radius 3 is 2.76 bits per heavy atom. The second-order valence-corrected chi connectivity index (χ2v) is 7.35. The topological polar surface area (TPSA) is 67.4 Å². The Morgan fingerprint density at radius 2 is 2.10 bits per heavy atom. The number of hydrogen-bond acceptors (Lipinski definition) is 4. The second kappa shape index (κ2) is 6.87. The standard InChI is InChI=1S/C15H24N2O3S/c1-3-16-11-13-7-4-5-8-14(13)21(18,19)17-12-15(2)9-6-10-20-15/h4-5,7-8,16-17H,3,6,9-12H2,1-2H3. The summed E-state index contributed by atoms with van der Waals surface area (Å²) in [5.74, 6) is 0. The molecule has 0 radical (unpaired) electrons. The molecular formula is C15H24N2O3S. The summed E-state index contributed by atoms with van der Waals surface area (Å²) in [6.45, 7) is 6.30. The quantitative estimate of drug-likeness (QED) is 0.803. The highest BCUT2D eigenvalue weighted by Gasteiger charge is 2.31. The van der Waals surface area contributed by atoms with E-state index in [1.807, 2.05) is 26.0 Å². The minimum Gasteiger partial charge on any atom is -0.374 e. The molecule has 1 aromatic carbocycles. The van der Waals surface area contributed by atoms with Gasteiger partial charge < -0.3 is 10.1 Å². The zero-order chi connectivity index (χ0) is 15.3. The van der Waals surface area contributed by atoms with Gasteiger partial charge in [-0.15, -0.1) is 0 Å². The van der Waals surface area contributed by atoms with Crippen molar-refractivity contribution in [1.82, 2.24) is 10.0 Å². The van der Waals surface area contributed by atoms with Crippen LogP contribution in [0.3, 0.4) is 0 Å². The third-order valence-electron chi connectivity index (χ3n) is 3.76. The van der Waals surface area contributed by atoms with Gasteiger partial charge in [-0.3, -0.25) is 0 Å². The smallest absolute Gasteiger partial charge is 0.240 e. The normalized spacial score (nSPS) is 22.6. The number of sulfonamides is 1. The van der Waals surface area contributed by atoms with Crippen LogP contribution in [0, 0.1) is 0 Å². The number of ether oxygens (including phenoxy) is 1. The third kappa shape index (κ3) is 4.26. The lowest BCUT2D eigenvalue weighted by Crippen LogP contribution is -2.40. The third-order valence-corrected chi connectivity index (χ3v) is 5.27. The van der Waals surface area contributed by atoms with Crippen LogP contribution in [-0.4, -0.2) is 33.7 Å². The lowest BCUT2D eigenvalue weighted by Gasteiger charge is -2.23. The van der Waals surface area contributed by atoms with E-state index in [1.54, 1.807) is 12.1 Å². The number of hydrogen-bond donors (Lipinski definition) is 2. The van der Waals surface area contributed by atoms with Crippen molar-refractivity contribution in [1.29, 1.82) is 0 Å². The van der Waals surface area contributed by atoms with Crippen molar-refractivity contribution in [3.63, 3.8) is 0 Å². The molecule has 1 aliphatic rings. The largest absolute Gasteiger partial charge is 0.374 e. The van der Waals surface area contributed by atoms with Gasteiger partial charge in [-0.25, -0.2) is 13.1 Å². The lowest BCUT2D eigenvalue weighted by molar-refractivity contribution is 0.0250. The highest BCUT2D eigenvalue weighted by atomic mass is 32.2. The predicted octanol–water partition coefficient (Wildman–Crippen LogP) is 1.64. The van der Waals surface area contributed by atoms with E-state index in [0.717, 1.165) is 24.9 Å². The molecule has 1 unspecified atom stereocenters. The van der Waals surface area contributed by atoms with E-state index in [2.05, 4.69) is 10.0 Å². The molecule has 2 rings (SSSR count). The van der Waals surface area contributed by atoms with Crippen molar-refractivity contribution in [2.75, 3.05) is 19.7 Å². The molecule has 0 bridgehead atoms. The van der Waals surface area contributed by atoms with Crippen molar-refractivity contribution in [3.8, 4) is 0 Å². The molecule has 0 aliphatic carbocycles. The van der Waals surface area contributed by atoms with E-state index in [9.17, 15) is 8.42 Å². The van der Waals surface area contributed by atoms with Crippen molar-refractivity contribution in [3.05, 3.63) is 29.8 Å². The maximum absolute atomic E-state index is 12.5. The van der Waals surface area contributed by atoms with Crippen LogP contribution in [0.15, 0.2) is 29.2 Å². The Labute approximate surface area is 127 Å². The molecule has 1 fully saturated rings. The van der Waals surface area contributed by atoms with Crippen molar-refractivity contribution >= 4 is 10.0 Å². The SMILES string of the molecule is CCNCc1ccccc1S(=O)(=O)NCC1(C)CCCO1. The number of rotatable bonds is 7. The molecule has 0 aromatic heterocycles. The summed E-state index contributed by atoms with van der Waals surface area (Å²) < 4.78 is 33.4. The summed E-state index contributed by atoms with van der Waals surface area (Å²) in [6, 6.07) is 7.09. The molecule has 0 spiro atoms. The van der Waals surface area contributed by atoms with Crippen molar-refractivity contribution in [2.24, 2.45) is 0 Å².